The number of aliphatic carboxylic acids is 1. The standard InChI is InChI=1S/C18H19ClN2O2S/c19-14-5-3-12(4-6-14)16-20-8-15(24-16)10-21-9-13-2-1-7-18(13,11-21)17(22)23/h3-6,8,13H,1-2,7,9-11H2,(H,22,23)/t13-,18+/m0/s1. The van der Waals surface area contributed by atoms with E-state index in [0.717, 1.165) is 47.9 Å². The lowest BCUT2D eigenvalue weighted by atomic mass is 9.81. The van der Waals surface area contributed by atoms with E-state index in [1.165, 1.54) is 4.88 Å². The van der Waals surface area contributed by atoms with E-state index < -0.39 is 11.4 Å². The summed E-state index contributed by atoms with van der Waals surface area (Å²) < 4.78 is 0. The fourth-order valence-corrected chi connectivity index (χ4v) is 5.28. The molecule has 2 aliphatic rings. The number of likely N-dealkylation sites (tertiary alicyclic amines) is 1. The molecule has 6 heteroatoms. The average molecular weight is 363 g/mol. The van der Waals surface area contributed by atoms with Crippen LogP contribution in [-0.2, 0) is 11.3 Å². The lowest BCUT2D eigenvalue weighted by molar-refractivity contribution is -0.149. The van der Waals surface area contributed by atoms with Crippen molar-refractivity contribution < 1.29 is 9.90 Å². The number of aromatic nitrogens is 1. The summed E-state index contributed by atoms with van der Waals surface area (Å²) in [5.41, 5.74) is 0.555. The van der Waals surface area contributed by atoms with Crippen LogP contribution in [0.4, 0.5) is 0 Å². The second kappa shape index (κ2) is 6.14. The molecular weight excluding hydrogens is 344 g/mol. The summed E-state index contributed by atoms with van der Waals surface area (Å²) in [5.74, 6) is -0.308. The van der Waals surface area contributed by atoms with Crippen molar-refractivity contribution in [3.8, 4) is 10.6 Å². The van der Waals surface area contributed by atoms with Crippen LogP contribution >= 0.6 is 22.9 Å². The van der Waals surface area contributed by atoms with Crippen molar-refractivity contribution in [2.45, 2.75) is 25.8 Å². The van der Waals surface area contributed by atoms with Gasteiger partial charge in [0.05, 0.1) is 5.41 Å². The number of rotatable bonds is 4. The van der Waals surface area contributed by atoms with Gasteiger partial charge in [-0.2, -0.15) is 0 Å². The van der Waals surface area contributed by atoms with Crippen molar-refractivity contribution in [1.82, 2.24) is 9.88 Å². The van der Waals surface area contributed by atoms with Crippen LogP contribution in [0.5, 0.6) is 0 Å². The molecule has 4 nitrogen and oxygen atoms in total. The summed E-state index contributed by atoms with van der Waals surface area (Å²) in [6, 6.07) is 7.70. The van der Waals surface area contributed by atoms with Crippen molar-refractivity contribution in [1.29, 1.82) is 0 Å². The first-order valence-electron chi connectivity index (χ1n) is 8.23. The van der Waals surface area contributed by atoms with Crippen molar-refractivity contribution >= 4 is 28.9 Å². The summed E-state index contributed by atoms with van der Waals surface area (Å²) in [6.45, 7) is 2.35. The largest absolute Gasteiger partial charge is 0.481 e. The predicted molar refractivity (Wildman–Crippen MR) is 95.2 cm³/mol. The minimum absolute atomic E-state index is 0.304. The van der Waals surface area contributed by atoms with Crippen LogP contribution < -0.4 is 0 Å². The van der Waals surface area contributed by atoms with E-state index in [2.05, 4.69) is 9.88 Å². The third-order valence-electron chi connectivity index (χ3n) is 5.39. The van der Waals surface area contributed by atoms with Crippen LogP contribution in [-0.4, -0.2) is 34.0 Å². The molecule has 1 aromatic heterocycles. The van der Waals surface area contributed by atoms with Gasteiger partial charge in [0.2, 0.25) is 0 Å². The Morgan fingerprint density at radius 2 is 2.21 bits per heavy atom. The van der Waals surface area contributed by atoms with Gasteiger partial charge in [-0.15, -0.1) is 11.3 Å². The molecule has 24 heavy (non-hydrogen) atoms. The fraction of sp³-hybridized carbons (Fsp3) is 0.444. The zero-order valence-electron chi connectivity index (χ0n) is 13.2. The molecule has 4 rings (SSSR count). The zero-order chi connectivity index (χ0) is 16.7. The van der Waals surface area contributed by atoms with Crippen LogP contribution in [0.2, 0.25) is 5.02 Å². The van der Waals surface area contributed by atoms with Gasteiger partial charge in [0.25, 0.3) is 0 Å². The molecule has 0 spiro atoms. The number of nitrogens with zero attached hydrogens (tertiary/aromatic N) is 2. The van der Waals surface area contributed by atoms with Crippen molar-refractivity contribution in [3.63, 3.8) is 0 Å². The molecule has 2 heterocycles. The summed E-state index contributed by atoms with van der Waals surface area (Å²) in [7, 11) is 0. The highest BCUT2D eigenvalue weighted by atomic mass is 35.5. The van der Waals surface area contributed by atoms with E-state index in [-0.39, 0.29) is 0 Å². The molecule has 0 radical (unpaired) electrons. The minimum atomic E-state index is -0.612. The number of carboxylic acid groups (broad SMARTS) is 1. The minimum Gasteiger partial charge on any atom is -0.481 e. The second-order valence-electron chi connectivity index (χ2n) is 6.86. The van der Waals surface area contributed by atoms with Crippen molar-refractivity contribution in [2.75, 3.05) is 13.1 Å². The van der Waals surface area contributed by atoms with E-state index in [9.17, 15) is 9.90 Å². The molecule has 1 N–H and O–H groups in total. The molecule has 1 aliphatic carbocycles. The number of halogens is 1. The Morgan fingerprint density at radius 1 is 1.42 bits per heavy atom. The number of hydrogen-bond donors (Lipinski definition) is 1. The molecule has 2 fully saturated rings. The smallest absolute Gasteiger partial charge is 0.311 e. The molecule has 1 aromatic carbocycles. The van der Waals surface area contributed by atoms with Gasteiger partial charge in [-0.3, -0.25) is 9.69 Å². The average Bonchev–Trinajstić information content (AvgIpc) is 3.22. The highest BCUT2D eigenvalue weighted by Crippen LogP contribution is 2.49. The lowest BCUT2D eigenvalue weighted by Crippen LogP contribution is -2.35. The van der Waals surface area contributed by atoms with E-state index in [0.29, 0.717) is 12.5 Å². The predicted octanol–water partition coefficient (Wildman–Crippen LogP) is 4.15. The number of carbonyl (C=O) groups is 1. The Balaban J connectivity index is 1.47. The van der Waals surface area contributed by atoms with Gasteiger partial charge in [0.15, 0.2) is 0 Å². The van der Waals surface area contributed by atoms with Gasteiger partial charge in [0, 0.05) is 41.3 Å². The van der Waals surface area contributed by atoms with E-state index in [1.807, 2.05) is 30.5 Å². The third-order valence-corrected chi connectivity index (χ3v) is 6.67. The van der Waals surface area contributed by atoms with Gasteiger partial charge < -0.3 is 5.11 Å². The third kappa shape index (κ3) is 2.75. The number of hydrogen-bond acceptors (Lipinski definition) is 4. The van der Waals surface area contributed by atoms with Gasteiger partial charge in [-0.25, -0.2) is 4.98 Å². The van der Waals surface area contributed by atoms with Crippen LogP contribution in [0.25, 0.3) is 10.6 Å². The first-order valence-corrected chi connectivity index (χ1v) is 9.43. The molecule has 126 valence electrons. The normalized spacial score (nSPS) is 26.6. The lowest BCUT2D eigenvalue weighted by Gasteiger charge is -2.23. The summed E-state index contributed by atoms with van der Waals surface area (Å²) in [4.78, 5) is 19.8. The maximum atomic E-state index is 11.8. The van der Waals surface area contributed by atoms with Crippen molar-refractivity contribution in [2.24, 2.45) is 11.3 Å². The SMILES string of the molecule is O=C(O)[C@@]12CCC[C@H]1CN(Cc1cnc(-c3ccc(Cl)cc3)s1)C2. The van der Waals surface area contributed by atoms with Gasteiger partial charge in [0.1, 0.15) is 5.01 Å². The Bertz CT molecular complexity index is 761. The van der Waals surface area contributed by atoms with Gasteiger partial charge in [-0.1, -0.05) is 30.2 Å². The molecule has 0 amide bonds. The molecule has 0 bridgehead atoms. The van der Waals surface area contributed by atoms with Crippen LogP contribution in [0.1, 0.15) is 24.1 Å². The number of fused-ring (bicyclic) bond motifs is 1. The Kier molecular flexibility index (Phi) is 4.11. The first kappa shape index (κ1) is 16.1. The van der Waals surface area contributed by atoms with E-state index >= 15 is 0 Å². The monoisotopic (exact) mass is 362 g/mol. The Labute approximate surface area is 150 Å². The van der Waals surface area contributed by atoms with Gasteiger partial charge >= 0.3 is 5.97 Å². The quantitative estimate of drug-likeness (QED) is 0.887. The topological polar surface area (TPSA) is 53.4 Å². The van der Waals surface area contributed by atoms with E-state index in [1.54, 1.807) is 11.3 Å². The fourth-order valence-electron chi connectivity index (χ4n) is 4.19. The van der Waals surface area contributed by atoms with Crippen LogP contribution in [0.3, 0.4) is 0 Å². The highest BCUT2D eigenvalue weighted by Gasteiger charge is 2.54. The molecular formula is C18H19ClN2O2S. The zero-order valence-corrected chi connectivity index (χ0v) is 14.8. The maximum absolute atomic E-state index is 11.8. The molecule has 2 atom stereocenters. The second-order valence-corrected chi connectivity index (χ2v) is 8.41. The van der Waals surface area contributed by atoms with E-state index in [4.69, 9.17) is 11.6 Å². The maximum Gasteiger partial charge on any atom is 0.311 e. The number of thiazole rings is 1. The van der Waals surface area contributed by atoms with Crippen molar-refractivity contribution in [3.05, 3.63) is 40.4 Å². The Morgan fingerprint density at radius 3 is 2.92 bits per heavy atom. The molecule has 1 aliphatic heterocycles. The molecule has 2 aromatic rings. The van der Waals surface area contributed by atoms with Crippen LogP contribution in [0, 0.1) is 11.3 Å². The molecule has 1 saturated carbocycles. The number of benzene rings is 1. The Hall–Kier alpha value is -1.43. The highest BCUT2D eigenvalue weighted by molar-refractivity contribution is 7.15. The summed E-state index contributed by atoms with van der Waals surface area (Å²) in [5, 5.41) is 11.4. The first-order chi connectivity index (χ1) is 11.6. The molecule has 1 saturated heterocycles. The van der Waals surface area contributed by atoms with Crippen LogP contribution in [0.15, 0.2) is 30.5 Å². The van der Waals surface area contributed by atoms with Gasteiger partial charge in [-0.05, 0) is 30.9 Å². The number of carboxylic acids is 1. The summed E-state index contributed by atoms with van der Waals surface area (Å²) in [6.07, 6.45) is 4.83. The molecule has 0 unspecified atom stereocenters. The summed E-state index contributed by atoms with van der Waals surface area (Å²) >= 11 is 7.60.